The number of benzene rings is 2. The highest BCUT2D eigenvalue weighted by molar-refractivity contribution is 6.05. The van der Waals surface area contributed by atoms with E-state index in [0.29, 0.717) is 12.8 Å². The van der Waals surface area contributed by atoms with E-state index in [-0.39, 0.29) is 36.6 Å². The van der Waals surface area contributed by atoms with E-state index in [1.165, 1.54) is 4.90 Å². The molecule has 0 bridgehead atoms. The van der Waals surface area contributed by atoms with E-state index < -0.39 is 12.1 Å². The van der Waals surface area contributed by atoms with Crippen molar-refractivity contribution in [3.05, 3.63) is 71.8 Å². The van der Waals surface area contributed by atoms with Crippen LogP contribution < -0.4 is 0 Å². The Kier molecular flexibility index (Phi) is 4.31. The number of hydrogen-bond donors (Lipinski definition) is 0. The Hall–Kier alpha value is -3.21. The lowest BCUT2D eigenvalue weighted by molar-refractivity contribution is -0.148. The summed E-state index contributed by atoms with van der Waals surface area (Å²) >= 11 is 0. The highest BCUT2D eigenvalue weighted by Gasteiger charge is 2.47. The van der Waals surface area contributed by atoms with Crippen molar-refractivity contribution in [1.29, 1.82) is 0 Å². The molecule has 1 fully saturated rings. The van der Waals surface area contributed by atoms with Gasteiger partial charge in [0.25, 0.3) is 0 Å². The lowest BCUT2D eigenvalue weighted by Crippen LogP contribution is -2.33. The van der Waals surface area contributed by atoms with Crippen LogP contribution in [-0.4, -0.2) is 29.2 Å². The zero-order valence-corrected chi connectivity index (χ0v) is 15.9. The van der Waals surface area contributed by atoms with Crippen LogP contribution in [0, 0.1) is 11.8 Å². The van der Waals surface area contributed by atoms with Crippen LogP contribution in [0.1, 0.15) is 36.5 Å². The molecule has 3 aliphatic rings. The minimum atomic E-state index is -0.452. The molecular weight excluding hydrogens is 366 g/mol. The van der Waals surface area contributed by atoms with Gasteiger partial charge in [0.2, 0.25) is 11.8 Å². The molecule has 2 amide bonds. The summed E-state index contributed by atoms with van der Waals surface area (Å²) in [5.41, 5.74) is 4.07. The number of nitrogens with zero attached hydrogens (tertiary/aromatic N) is 1. The third-order valence-corrected chi connectivity index (χ3v) is 6.16. The molecule has 1 aliphatic heterocycles. The number of ether oxygens (including phenoxy) is 1. The van der Waals surface area contributed by atoms with Crippen LogP contribution in [0.4, 0.5) is 0 Å². The lowest BCUT2D eigenvalue weighted by atomic mass is 9.85. The smallest absolute Gasteiger partial charge is 0.308 e. The molecule has 29 heavy (non-hydrogen) atoms. The quantitative estimate of drug-likeness (QED) is 0.456. The van der Waals surface area contributed by atoms with Crippen molar-refractivity contribution >= 4 is 17.8 Å². The molecule has 0 radical (unpaired) electrons. The number of fused-ring (bicyclic) bond motifs is 4. The summed E-state index contributed by atoms with van der Waals surface area (Å²) in [6, 6.07) is 15.8. The lowest BCUT2D eigenvalue weighted by Gasteiger charge is -2.17. The van der Waals surface area contributed by atoms with E-state index in [1.807, 2.05) is 60.7 Å². The molecule has 0 spiro atoms. The Bertz CT molecular complexity index is 969. The molecule has 0 unspecified atom stereocenters. The molecule has 5 nitrogen and oxygen atoms in total. The zero-order chi connectivity index (χ0) is 20.0. The molecule has 2 aromatic carbocycles. The third-order valence-electron chi connectivity index (χ3n) is 6.16. The molecule has 0 saturated carbocycles. The van der Waals surface area contributed by atoms with Gasteiger partial charge in [-0.15, -0.1) is 0 Å². The van der Waals surface area contributed by atoms with Crippen molar-refractivity contribution in [1.82, 2.24) is 4.90 Å². The number of rotatable bonds is 4. The monoisotopic (exact) mass is 387 g/mol. The van der Waals surface area contributed by atoms with E-state index in [2.05, 4.69) is 0 Å². The summed E-state index contributed by atoms with van der Waals surface area (Å²) in [5, 5.41) is 0. The fraction of sp³-hybridized carbons (Fsp3) is 0.292. The fourth-order valence-electron chi connectivity index (χ4n) is 4.72. The van der Waals surface area contributed by atoms with Crippen LogP contribution in [0.5, 0.6) is 0 Å². The number of carbonyl (C=O) groups excluding carboxylic acids is 3. The highest BCUT2D eigenvalue weighted by atomic mass is 16.5. The molecule has 5 rings (SSSR count). The predicted octanol–water partition coefficient (Wildman–Crippen LogP) is 3.64. The maximum Gasteiger partial charge on any atom is 0.308 e. The number of allylic oxidation sites excluding steroid dienone is 2. The van der Waals surface area contributed by atoms with E-state index in [9.17, 15) is 14.4 Å². The summed E-state index contributed by atoms with van der Waals surface area (Å²) in [7, 11) is 0. The topological polar surface area (TPSA) is 63.7 Å². The molecular formula is C24H21NO4. The second-order valence-electron chi connectivity index (χ2n) is 7.78. The SMILES string of the molecule is O=C(CCN1C(=O)[C@H]2CC=CC[C@H]2C1=O)OC1c2ccccc2-c2ccccc21. The molecule has 0 aromatic heterocycles. The first-order valence-electron chi connectivity index (χ1n) is 10.0. The molecule has 1 saturated heterocycles. The number of likely N-dealkylation sites (tertiary alicyclic amines) is 1. The Morgan fingerprint density at radius 1 is 0.862 bits per heavy atom. The van der Waals surface area contributed by atoms with Crippen LogP contribution in [0.2, 0.25) is 0 Å². The molecule has 2 atom stereocenters. The first kappa shape index (κ1) is 17.9. The molecule has 0 N–H and O–H groups in total. The maximum absolute atomic E-state index is 12.6. The summed E-state index contributed by atoms with van der Waals surface area (Å²) in [6.45, 7) is 0.0829. The Labute approximate surface area is 169 Å². The Morgan fingerprint density at radius 2 is 1.38 bits per heavy atom. The summed E-state index contributed by atoms with van der Waals surface area (Å²) < 4.78 is 5.81. The molecule has 5 heteroatoms. The van der Waals surface area contributed by atoms with E-state index in [0.717, 1.165) is 22.3 Å². The normalized spacial score (nSPS) is 22.4. The van der Waals surface area contributed by atoms with Gasteiger partial charge in [0.05, 0.1) is 18.3 Å². The maximum atomic E-state index is 12.6. The fourth-order valence-corrected chi connectivity index (χ4v) is 4.72. The zero-order valence-electron chi connectivity index (χ0n) is 15.9. The molecule has 146 valence electrons. The standard InChI is InChI=1S/C24H21NO4/c26-21(13-14-25-23(27)19-11-5-6-12-20(19)24(25)28)29-22-17-9-3-1-7-15(17)16-8-2-4-10-18(16)22/h1-10,19-20,22H,11-14H2/t19-,20+. The minimum absolute atomic E-state index is 0.00514. The van der Waals surface area contributed by atoms with Crippen molar-refractivity contribution in [2.24, 2.45) is 11.8 Å². The van der Waals surface area contributed by atoms with Crippen LogP contribution in [0.15, 0.2) is 60.7 Å². The van der Waals surface area contributed by atoms with E-state index >= 15 is 0 Å². The predicted molar refractivity (Wildman–Crippen MR) is 107 cm³/mol. The van der Waals surface area contributed by atoms with Crippen LogP contribution in [0.3, 0.4) is 0 Å². The van der Waals surface area contributed by atoms with Gasteiger partial charge < -0.3 is 4.74 Å². The summed E-state index contributed by atoms with van der Waals surface area (Å²) in [5.74, 6) is -1.26. The molecule has 2 aliphatic carbocycles. The number of amides is 2. The van der Waals surface area contributed by atoms with Gasteiger partial charge in [-0.25, -0.2) is 0 Å². The third kappa shape index (κ3) is 2.89. The number of hydrogen-bond acceptors (Lipinski definition) is 4. The first-order chi connectivity index (χ1) is 14.1. The van der Waals surface area contributed by atoms with Gasteiger partial charge in [-0.3, -0.25) is 19.3 Å². The van der Waals surface area contributed by atoms with Crippen molar-refractivity contribution < 1.29 is 19.1 Å². The van der Waals surface area contributed by atoms with Crippen LogP contribution >= 0.6 is 0 Å². The van der Waals surface area contributed by atoms with Gasteiger partial charge in [0.15, 0.2) is 6.10 Å². The minimum Gasteiger partial charge on any atom is -0.452 e. The van der Waals surface area contributed by atoms with Gasteiger partial charge >= 0.3 is 5.97 Å². The van der Waals surface area contributed by atoms with Crippen molar-refractivity contribution in [3.8, 4) is 11.1 Å². The molecule has 1 heterocycles. The Morgan fingerprint density at radius 3 is 1.93 bits per heavy atom. The largest absolute Gasteiger partial charge is 0.452 e. The number of esters is 1. The second kappa shape index (κ2) is 6.99. The van der Waals surface area contributed by atoms with Gasteiger partial charge in [-0.05, 0) is 24.0 Å². The van der Waals surface area contributed by atoms with Gasteiger partial charge in [0, 0.05) is 17.7 Å². The van der Waals surface area contributed by atoms with E-state index in [4.69, 9.17) is 4.74 Å². The van der Waals surface area contributed by atoms with Crippen molar-refractivity contribution in [3.63, 3.8) is 0 Å². The first-order valence-corrected chi connectivity index (χ1v) is 10.0. The molecule has 2 aromatic rings. The van der Waals surface area contributed by atoms with Crippen LogP contribution in [-0.2, 0) is 19.1 Å². The average Bonchev–Trinajstić information content (AvgIpc) is 3.20. The second-order valence-corrected chi connectivity index (χ2v) is 7.78. The number of carbonyl (C=O) groups is 3. The van der Waals surface area contributed by atoms with Gasteiger partial charge in [0.1, 0.15) is 0 Å². The van der Waals surface area contributed by atoms with Crippen molar-refractivity contribution in [2.75, 3.05) is 6.54 Å². The van der Waals surface area contributed by atoms with E-state index in [1.54, 1.807) is 0 Å². The van der Waals surface area contributed by atoms with Crippen LogP contribution in [0.25, 0.3) is 11.1 Å². The van der Waals surface area contributed by atoms with Crippen molar-refractivity contribution in [2.45, 2.75) is 25.4 Å². The average molecular weight is 387 g/mol. The number of imide groups is 1. The Balaban J connectivity index is 1.29. The van der Waals surface area contributed by atoms with Gasteiger partial charge in [-0.1, -0.05) is 60.7 Å². The summed E-state index contributed by atoms with van der Waals surface area (Å²) in [6.07, 6.45) is 4.67. The summed E-state index contributed by atoms with van der Waals surface area (Å²) in [4.78, 5) is 39.0. The highest BCUT2D eigenvalue weighted by Crippen LogP contribution is 2.45. The van der Waals surface area contributed by atoms with Gasteiger partial charge in [-0.2, -0.15) is 0 Å².